The molecule has 0 spiro atoms. The lowest BCUT2D eigenvalue weighted by molar-refractivity contribution is -0.121. The van der Waals surface area contributed by atoms with Crippen molar-refractivity contribution in [2.45, 2.75) is 19.8 Å². The van der Waals surface area contributed by atoms with E-state index in [1.54, 1.807) is 12.2 Å². The molecule has 4 aromatic carbocycles. The van der Waals surface area contributed by atoms with Gasteiger partial charge in [-0.2, -0.15) is 0 Å². The van der Waals surface area contributed by atoms with Crippen molar-refractivity contribution in [2.75, 3.05) is 19.8 Å². The number of fused-ring (bicyclic) bond motifs is 2. The molecule has 5 heteroatoms. The first-order chi connectivity index (χ1) is 18.0. The normalized spacial score (nSPS) is 11.5. The molecule has 0 aliphatic heterocycles. The molecule has 2 N–H and O–H groups in total. The molecule has 188 valence electrons. The molecule has 0 amide bonds. The summed E-state index contributed by atoms with van der Waals surface area (Å²) in [5.74, 6) is 1.16. The number of ketones is 2. The van der Waals surface area contributed by atoms with Crippen LogP contribution in [0.4, 0.5) is 0 Å². The molecule has 0 aromatic heterocycles. The van der Waals surface area contributed by atoms with Gasteiger partial charge in [-0.3, -0.25) is 9.59 Å². The number of rotatable bonds is 12. The summed E-state index contributed by atoms with van der Waals surface area (Å²) in [4.78, 5) is 24.7. The number of hydrogen-bond donors (Lipinski definition) is 1. The summed E-state index contributed by atoms with van der Waals surface area (Å²) >= 11 is 0. The van der Waals surface area contributed by atoms with Gasteiger partial charge in [0.15, 0.2) is 11.6 Å². The number of nitrogens with two attached hydrogens (primary N) is 1. The summed E-state index contributed by atoms with van der Waals surface area (Å²) < 4.78 is 11.3. The molecule has 4 aromatic rings. The van der Waals surface area contributed by atoms with Crippen molar-refractivity contribution in [3.05, 3.63) is 96.1 Å². The van der Waals surface area contributed by atoms with Gasteiger partial charge in [-0.15, -0.1) is 0 Å². The van der Waals surface area contributed by atoms with E-state index < -0.39 is 0 Å². The van der Waals surface area contributed by atoms with Gasteiger partial charge in [0.2, 0.25) is 0 Å². The van der Waals surface area contributed by atoms with Crippen LogP contribution in [0.1, 0.15) is 30.9 Å². The second-order valence-electron chi connectivity index (χ2n) is 8.80. The van der Waals surface area contributed by atoms with Crippen LogP contribution >= 0.6 is 0 Å². The van der Waals surface area contributed by atoms with E-state index in [1.165, 1.54) is 12.2 Å². The molecule has 37 heavy (non-hydrogen) atoms. The smallest absolute Gasteiger partial charge is 0.163 e. The molecular weight excluding hydrogens is 462 g/mol. The fraction of sp³-hybridized carbons (Fsp3) is 0.188. The number of benzene rings is 4. The zero-order chi connectivity index (χ0) is 26.0. The van der Waals surface area contributed by atoms with Gasteiger partial charge in [-0.05, 0) is 87.6 Å². The van der Waals surface area contributed by atoms with Gasteiger partial charge >= 0.3 is 0 Å². The standard InChI is InChI=1S/C32H31NO4/c1-2-16-36-31-13-9-25-18-23(3-7-27(25)20-31)5-11-29(34)22-30(35)12-6-24-4-8-28-21-32(37-17-15-33)14-10-26(28)19-24/h3-14,18-21H,2,15-17,22,33H2,1H3/b11-5+,12-6+. The highest BCUT2D eigenvalue weighted by atomic mass is 16.5. The lowest BCUT2D eigenvalue weighted by Crippen LogP contribution is -2.10. The van der Waals surface area contributed by atoms with Gasteiger partial charge in [0.1, 0.15) is 18.1 Å². The highest BCUT2D eigenvalue weighted by Gasteiger charge is 2.05. The average Bonchev–Trinajstić information content (AvgIpc) is 2.92. The van der Waals surface area contributed by atoms with Gasteiger partial charge in [0.25, 0.3) is 0 Å². The van der Waals surface area contributed by atoms with Crippen LogP contribution in [0.2, 0.25) is 0 Å². The Labute approximate surface area is 217 Å². The Morgan fingerprint density at radius 3 is 1.62 bits per heavy atom. The molecule has 0 radical (unpaired) electrons. The zero-order valence-corrected chi connectivity index (χ0v) is 21.0. The van der Waals surface area contributed by atoms with Crippen LogP contribution < -0.4 is 15.2 Å². The molecule has 4 rings (SSSR count). The lowest BCUT2D eigenvalue weighted by Gasteiger charge is -2.06. The number of hydrogen-bond acceptors (Lipinski definition) is 5. The fourth-order valence-electron chi connectivity index (χ4n) is 3.94. The largest absolute Gasteiger partial charge is 0.494 e. The monoisotopic (exact) mass is 493 g/mol. The van der Waals surface area contributed by atoms with E-state index in [0.29, 0.717) is 19.8 Å². The summed E-state index contributed by atoms with van der Waals surface area (Å²) in [6.07, 6.45) is 7.19. The van der Waals surface area contributed by atoms with Crippen LogP contribution in [0.15, 0.2) is 84.9 Å². The van der Waals surface area contributed by atoms with Gasteiger partial charge in [-0.25, -0.2) is 0 Å². The first-order valence-corrected chi connectivity index (χ1v) is 12.5. The van der Waals surface area contributed by atoms with Crippen LogP contribution in [0.25, 0.3) is 33.7 Å². The maximum Gasteiger partial charge on any atom is 0.163 e. The Morgan fingerprint density at radius 2 is 1.14 bits per heavy atom. The molecule has 5 nitrogen and oxygen atoms in total. The number of allylic oxidation sites excluding steroid dienone is 2. The van der Waals surface area contributed by atoms with Crippen molar-refractivity contribution in [1.29, 1.82) is 0 Å². The summed E-state index contributed by atoms with van der Waals surface area (Å²) in [6.45, 7) is 3.71. The Morgan fingerprint density at radius 1 is 0.676 bits per heavy atom. The summed E-state index contributed by atoms with van der Waals surface area (Å²) in [6, 6.07) is 23.7. The Bertz CT molecular complexity index is 1360. The molecule has 0 saturated heterocycles. The zero-order valence-electron chi connectivity index (χ0n) is 21.0. The third kappa shape index (κ3) is 7.38. The lowest BCUT2D eigenvalue weighted by atomic mass is 10.0. The summed E-state index contributed by atoms with van der Waals surface area (Å²) in [5, 5.41) is 4.21. The van der Waals surface area contributed by atoms with Crippen molar-refractivity contribution in [3.8, 4) is 11.5 Å². The molecule has 0 fully saturated rings. The van der Waals surface area contributed by atoms with Crippen molar-refractivity contribution in [2.24, 2.45) is 5.73 Å². The van der Waals surface area contributed by atoms with Gasteiger partial charge in [0, 0.05) is 6.54 Å². The van der Waals surface area contributed by atoms with Crippen LogP contribution in [0.3, 0.4) is 0 Å². The SMILES string of the molecule is CCCOc1ccc2cc(/C=C/C(=O)CC(=O)/C=C/c3ccc4cc(OCCN)ccc4c3)ccc2c1. The van der Waals surface area contributed by atoms with Gasteiger partial charge in [0.05, 0.1) is 13.0 Å². The van der Waals surface area contributed by atoms with Crippen LogP contribution in [0.5, 0.6) is 11.5 Å². The van der Waals surface area contributed by atoms with E-state index in [1.807, 2.05) is 72.8 Å². The molecule has 0 aliphatic rings. The first kappa shape index (κ1) is 25.9. The number of carbonyl (C=O) groups excluding carboxylic acids is 2. The third-order valence-corrected chi connectivity index (χ3v) is 5.80. The minimum absolute atomic E-state index is 0.172. The predicted molar refractivity (Wildman–Crippen MR) is 151 cm³/mol. The van der Waals surface area contributed by atoms with E-state index in [2.05, 4.69) is 6.92 Å². The highest BCUT2D eigenvalue weighted by Crippen LogP contribution is 2.24. The maximum atomic E-state index is 12.4. The van der Waals surface area contributed by atoms with E-state index in [4.69, 9.17) is 15.2 Å². The van der Waals surface area contributed by atoms with E-state index in [9.17, 15) is 9.59 Å². The summed E-state index contributed by atoms with van der Waals surface area (Å²) in [5.41, 5.74) is 7.27. The molecule has 0 heterocycles. The van der Waals surface area contributed by atoms with E-state index in [0.717, 1.165) is 50.6 Å². The second-order valence-corrected chi connectivity index (χ2v) is 8.80. The van der Waals surface area contributed by atoms with E-state index >= 15 is 0 Å². The molecular formula is C32H31NO4. The molecule has 0 atom stereocenters. The minimum Gasteiger partial charge on any atom is -0.494 e. The summed E-state index contributed by atoms with van der Waals surface area (Å²) in [7, 11) is 0. The van der Waals surface area contributed by atoms with Crippen molar-refractivity contribution in [1.82, 2.24) is 0 Å². The topological polar surface area (TPSA) is 78.6 Å². The van der Waals surface area contributed by atoms with Crippen molar-refractivity contribution < 1.29 is 19.1 Å². The molecule has 0 bridgehead atoms. The van der Waals surface area contributed by atoms with Crippen molar-refractivity contribution >= 4 is 45.3 Å². The quantitative estimate of drug-likeness (QED) is 0.183. The van der Waals surface area contributed by atoms with Gasteiger partial charge < -0.3 is 15.2 Å². The van der Waals surface area contributed by atoms with Crippen LogP contribution in [-0.2, 0) is 9.59 Å². The molecule has 0 saturated carbocycles. The predicted octanol–water partition coefficient (Wildman–Crippen LogP) is 6.37. The van der Waals surface area contributed by atoms with Gasteiger partial charge in [-0.1, -0.05) is 55.5 Å². The fourth-order valence-corrected chi connectivity index (χ4v) is 3.94. The number of ether oxygens (including phenoxy) is 2. The van der Waals surface area contributed by atoms with Crippen LogP contribution in [0, 0.1) is 0 Å². The average molecular weight is 494 g/mol. The molecule has 0 aliphatic carbocycles. The Balaban J connectivity index is 1.33. The Kier molecular flexibility index (Phi) is 8.84. The second kappa shape index (κ2) is 12.7. The Hall–Kier alpha value is -4.22. The van der Waals surface area contributed by atoms with E-state index in [-0.39, 0.29) is 18.0 Å². The van der Waals surface area contributed by atoms with Crippen molar-refractivity contribution in [3.63, 3.8) is 0 Å². The minimum atomic E-state index is -0.238. The third-order valence-electron chi connectivity index (χ3n) is 5.80. The molecule has 0 unspecified atom stereocenters. The first-order valence-electron chi connectivity index (χ1n) is 12.5. The number of carbonyl (C=O) groups is 2. The maximum absolute atomic E-state index is 12.4. The highest BCUT2D eigenvalue weighted by molar-refractivity contribution is 6.11. The van der Waals surface area contributed by atoms with Crippen LogP contribution in [-0.4, -0.2) is 31.3 Å².